The summed E-state index contributed by atoms with van der Waals surface area (Å²) in [6.07, 6.45) is -2.21. The highest BCUT2D eigenvalue weighted by Gasteiger charge is 2.36. The van der Waals surface area contributed by atoms with E-state index < -0.39 is 11.1 Å². The molecule has 8 heteroatoms. The Morgan fingerprint density at radius 2 is 1.93 bits per heavy atom. The minimum atomic E-state index is -4.44. The lowest BCUT2D eigenvalue weighted by atomic mass is 10.1. The smallest absolute Gasteiger partial charge is 0.426 e. The molecule has 0 atom stereocenters. The first-order valence-electron chi connectivity index (χ1n) is 8.65. The Morgan fingerprint density at radius 3 is 2.62 bits per heavy atom. The summed E-state index contributed by atoms with van der Waals surface area (Å²) in [5.74, 6) is 0.420. The summed E-state index contributed by atoms with van der Waals surface area (Å²) in [5.41, 5.74) is 1.76. The zero-order valence-corrected chi connectivity index (χ0v) is 16.1. The fourth-order valence-electron chi connectivity index (χ4n) is 3.12. The summed E-state index contributed by atoms with van der Waals surface area (Å²) in [5, 5.41) is 0.722. The fraction of sp³-hybridized carbons (Fsp3) is 0.143. The number of nitrogens with zero attached hydrogens (tertiary/aromatic N) is 2. The van der Waals surface area contributed by atoms with Crippen molar-refractivity contribution >= 4 is 28.7 Å². The van der Waals surface area contributed by atoms with E-state index in [1.807, 2.05) is 0 Å². The number of fused-ring (bicyclic) bond motifs is 1. The van der Waals surface area contributed by atoms with Crippen LogP contribution in [0.25, 0.3) is 22.2 Å². The number of aromatic nitrogens is 2. The minimum absolute atomic E-state index is 0.0128. The average molecular weight is 416 g/mol. The van der Waals surface area contributed by atoms with Crippen molar-refractivity contribution in [2.45, 2.75) is 12.8 Å². The van der Waals surface area contributed by atoms with Gasteiger partial charge in [0.25, 0.3) is 0 Å². The minimum Gasteiger partial charge on any atom is -0.486 e. The van der Waals surface area contributed by atoms with Crippen molar-refractivity contribution in [3.63, 3.8) is 0 Å². The molecule has 3 heterocycles. The lowest BCUT2D eigenvalue weighted by Crippen LogP contribution is -2.03. The maximum atomic E-state index is 13.5. The van der Waals surface area contributed by atoms with Gasteiger partial charge in [-0.1, -0.05) is 30.3 Å². The number of halogens is 3. The molecule has 0 saturated heterocycles. The van der Waals surface area contributed by atoms with Crippen LogP contribution in [0, 0.1) is 0 Å². The van der Waals surface area contributed by atoms with E-state index in [4.69, 9.17) is 4.74 Å². The van der Waals surface area contributed by atoms with Crippen LogP contribution in [0.1, 0.15) is 20.2 Å². The van der Waals surface area contributed by atoms with Crippen molar-refractivity contribution in [2.24, 2.45) is 7.05 Å². The molecule has 4 nitrogen and oxygen atoms in total. The Bertz CT molecular complexity index is 1180. The summed E-state index contributed by atoms with van der Waals surface area (Å²) in [6.45, 7) is -0.0128. The molecule has 1 aromatic carbocycles. The molecule has 0 bridgehead atoms. The van der Waals surface area contributed by atoms with Crippen LogP contribution in [0.5, 0.6) is 5.75 Å². The number of alkyl halides is 3. The SMILES string of the molecule is Cn1c(C=O)cc2cc(OCc3cc(-c4ccccc4)c(C(F)(F)F)s3)cnc21. The number of aldehydes is 1. The molecule has 0 unspecified atom stereocenters. The van der Waals surface area contributed by atoms with Crippen LogP contribution in [0.3, 0.4) is 0 Å². The maximum Gasteiger partial charge on any atom is 0.426 e. The standard InChI is InChI=1S/C21H15F3N2O2S/c1-26-15(11-27)7-14-8-16(10-25-20(14)26)28-12-17-9-18(13-5-3-2-4-6-13)19(29-17)21(22,23)24/h2-11H,12H2,1H3. The molecule has 4 aromatic rings. The van der Waals surface area contributed by atoms with Crippen LogP contribution in [-0.2, 0) is 19.8 Å². The molecular formula is C21H15F3N2O2S. The second-order valence-corrected chi connectivity index (χ2v) is 7.57. The Morgan fingerprint density at radius 1 is 1.17 bits per heavy atom. The molecule has 4 rings (SSSR count). The summed E-state index contributed by atoms with van der Waals surface area (Å²) in [7, 11) is 1.73. The Balaban J connectivity index is 1.61. The number of ether oxygens (including phenoxy) is 1. The first-order valence-corrected chi connectivity index (χ1v) is 9.47. The number of carbonyl (C=O) groups excluding carboxylic acids is 1. The monoisotopic (exact) mass is 416 g/mol. The Kier molecular flexibility index (Phi) is 4.87. The molecule has 0 radical (unpaired) electrons. The molecule has 0 amide bonds. The molecule has 0 fully saturated rings. The second-order valence-electron chi connectivity index (χ2n) is 6.44. The highest BCUT2D eigenvalue weighted by molar-refractivity contribution is 7.12. The third-order valence-corrected chi connectivity index (χ3v) is 5.66. The van der Waals surface area contributed by atoms with Gasteiger partial charge in [-0.25, -0.2) is 4.98 Å². The van der Waals surface area contributed by atoms with Crippen LogP contribution >= 0.6 is 11.3 Å². The molecule has 0 spiro atoms. The number of aryl methyl sites for hydroxylation is 1. The molecule has 0 N–H and O–H groups in total. The van der Waals surface area contributed by atoms with Gasteiger partial charge in [0, 0.05) is 22.9 Å². The Labute approximate surface area is 168 Å². The largest absolute Gasteiger partial charge is 0.486 e. The van der Waals surface area contributed by atoms with Crippen LogP contribution in [0.2, 0.25) is 0 Å². The molecule has 3 aromatic heterocycles. The van der Waals surface area contributed by atoms with Gasteiger partial charge in [0.1, 0.15) is 22.9 Å². The third-order valence-electron chi connectivity index (χ3n) is 4.51. The van der Waals surface area contributed by atoms with Crippen LogP contribution < -0.4 is 4.74 Å². The molecule has 29 heavy (non-hydrogen) atoms. The average Bonchev–Trinajstić information content (AvgIpc) is 3.28. The quantitative estimate of drug-likeness (QED) is 0.391. The molecule has 0 saturated carbocycles. The molecular weight excluding hydrogens is 401 g/mol. The van der Waals surface area contributed by atoms with Crippen molar-refractivity contribution in [1.29, 1.82) is 0 Å². The van der Waals surface area contributed by atoms with E-state index in [0.29, 0.717) is 38.9 Å². The van der Waals surface area contributed by atoms with E-state index in [0.717, 1.165) is 11.7 Å². The van der Waals surface area contributed by atoms with Gasteiger partial charge in [0.2, 0.25) is 0 Å². The third kappa shape index (κ3) is 3.75. The summed E-state index contributed by atoms with van der Waals surface area (Å²) >= 11 is 0.673. The van der Waals surface area contributed by atoms with Crippen molar-refractivity contribution < 1.29 is 22.7 Å². The van der Waals surface area contributed by atoms with Gasteiger partial charge >= 0.3 is 6.18 Å². The zero-order chi connectivity index (χ0) is 20.6. The maximum absolute atomic E-state index is 13.5. The summed E-state index contributed by atoms with van der Waals surface area (Å²) in [4.78, 5) is 15.1. The number of rotatable bonds is 5. The van der Waals surface area contributed by atoms with Gasteiger partial charge in [-0.15, -0.1) is 11.3 Å². The zero-order valence-electron chi connectivity index (χ0n) is 15.2. The van der Waals surface area contributed by atoms with Gasteiger partial charge in [-0.3, -0.25) is 4.79 Å². The first-order chi connectivity index (χ1) is 13.9. The first kappa shape index (κ1) is 19.2. The number of carbonyl (C=O) groups is 1. The van der Waals surface area contributed by atoms with Gasteiger partial charge in [0.15, 0.2) is 6.29 Å². The van der Waals surface area contributed by atoms with Crippen molar-refractivity contribution in [1.82, 2.24) is 9.55 Å². The lowest BCUT2D eigenvalue weighted by Gasteiger charge is -2.07. The lowest BCUT2D eigenvalue weighted by molar-refractivity contribution is -0.133. The van der Waals surface area contributed by atoms with Crippen molar-refractivity contribution in [3.8, 4) is 16.9 Å². The number of thiophene rings is 1. The normalized spacial score (nSPS) is 11.7. The van der Waals surface area contributed by atoms with Gasteiger partial charge in [-0.05, 0) is 23.8 Å². The molecule has 0 aliphatic rings. The van der Waals surface area contributed by atoms with E-state index in [9.17, 15) is 18.0 Å². The molecule has 148 valence electrons. The van der Waals surface area contributed by atoms with E-state index in [-0.39, 0.29) is 12.2 Å². The molecule has 0 aliphatic heterocycles. The van der Waals surface area contributed by atoms with Gasteiger partial charge in [0.05, 0.1) is 11.9 Å². The number of benzene rings is 1. The van der Waals surface area contributed by atoms with Gasteiger partial charge < -0.3 is 9.30 Å². The summed E-state index contributed by atoms with van der Waals surface area (Å²) < 4.78 is 47.8. The number of hydrogen-bond donors (Lipinski definition) is 0. The Hall–Kier alpha value is -3.13. The number of hydrogen-bond acceptors (Lipinski definition) is 4. The topological polar surface area (TPSA) is 44.1 Å². The van der Waals surface area contributed by atoms with E-state index >= 15 is 0 Å². The van der Waals surface area contributed by atoms with E-state index in [2.05, 4.69) is 4.98 Å². The highest BCUT2D eigenvalue weighted by atomic mass is 32.1. The van der Waals surface area contributed by atoms with Crippen LogP contribution in [0.15, 0.2) is 54.7 Å². The number of pyridine rings is 1. The predicted octanol–water partition coefficient (Wildman–Crippen LogP) is 5.71. The van der Waals surface area contributed by atoms with Crippen molar-refractivity contribution in [2.75, 3.05) is 0 Å². The molecule has 0 aliphatic carbocycles. The van der Waals surface area contributed by atoms with E-state index in [1.165, 1.54) is 12.3 Å². The predicted molar refractivity (Wildman–Crippen MR) is 105 cm³/mol. The fourth-order valence-corrected chi connectivity index (χ4v) is 4.08. The summed E-state index contributed by atoms with van der Waals surface area (Å²) in [6, 6.07) is 13.4. The highest BCUT2D eigenvalue weighted by Crippen LogP contribution is 2.43. The van der Waals surface area contributed by atoms with Crippen LogP contribution in [-0.4, -0.2) is 15.8 Å². The van der Waals surface area contributed by atoms with E-state index in [1.54, 1.807) is 54.1 Å². The van der Waals surface area contributed by atoms with Gasteiger partial charge in [-0.2, -0.15) is 13.2 Å². The van der Waals surface area contributed by atoms with Crippen molar-refractivity contribution in [3.05, 3.63) is 70.2 Å². The second kappa shape index (κ2) is 7.36. The van der Waals surface area contributed by atoms with Crippen LogP contribution in [0.4, 0.5) is 13.2 Å².